The number of hydrogen-bond donors (Lipinski definition) is 2. The van der Waals surface area contributed by atoms with Gasteiger partial charge in [-0.1, -0.05) is 37.6 Å². The number of benzene rings is 2. The first kappa shape index (κ1) is 15.7. The van der Waals surface area contributed by atoms with E-state index in [1.165, 1.54) is 22.3 Å². The van der Waals surface area contributed by atoms with Crippen LogP contribution < -0.4 is 0 Å². The summed E-state index contributed by atoms with van der Waals surface area (Å²) in [5.41, 5.74) is 5.26. The van der Waals surface area contributed by atoms with Gasteiger partial charge in [-0.05, 0) is 78.1 Å². The molecular weight excluding hydrogens is 284 g/mol. The highest BCUT2D eigenvalue weighted by molar-refractivity contribution is 5.70. The average molecular weight is 308 g/mol. The van der Waals surface area contributed by atoms with Gasteiger partial charge in [0.25, 0.3) is 0 Å². The van der Waals surface area contributed by atoms with Crippen molar-refractivity contribution in [2.24, 2.45) is 0 Å². The zero-order valence-corrected chi connectivity index (χ0v) is 13.6. The fraction of sp³-hybridized carbons (Fsp3) is 0.333. The average Bonchev–Trinajstić information content (AvgIpc) is 2.56. The van der Waals surface area contributed by atoms with Crippen molar-refractivity contribution in [2.45, 2.75) is 44.9 Å². The topological polar surface area (TPSA) is 40.5 Å². The van der Waals surface area contributed by atoms with Crippen molar-refractivity contribution in [1.82, 2.24) is 0 Å². The van der Waals surface area contributed by atoms with E-state index in [9.17, 15) is 10.2 Å². The molecule has 2 N–H and O–H groups in total. The first-order chi connectivity index (χ1) is 11.2. The van der Waals surface area contributed by atoms with Gasteiger partial charge >= 0.3 is 0 Å². The van der Waals surface area contributed by atoms with E-state index in [1.807, 2.05) is 18.2 Å². The quantitative estimate of drug-likeness (QED) is 0.793. The third kappa shape index (κ3) is 3.58. The zero-order chi connectivity index (χ0) is 16.2. The van der Waals surface area contributed by atoms with Crippen LogP contribution in [0.1, 0.15) is 55.2 Å². The Morgan fingerprint density at radius 2 is 1.74 bits per heavy atom. The lowest BCUT2D eigenvalue weighted by molar-refractivity contribution is 0.473. The summed E-state index contributed by atoms with van der Waals surface area (Å²) in [5.74, 6) is 1.22. The van der Waals surface area contributed by atoms with Crippen LogP contribution in [0.4, 0.5) is 0 Å². The summed E-state index contributed by atoms with van der Waals surface area (Å²) in [5, 5.41) is 19.2. The van der Waals surface area contributed by atoms with Crippen LogP contribution in [0.5, 0.6) is 11.5 Å². The van der Waals surface area contributed by atoms with Crippen molar-refractivity contribution >= 4 is 5.57 Å². The van der Waals surface area contributed by atoms with Crippen molar-refractivity contribution in [3.05, 3.63) is 65.2 Å². The van der Waals surface area contributed by atoms with E-state index in [-0.39, 0.29) is 0 Å². The summed E-state index contributed by atoms with van der Waals surface area (Å²) in [4.78, 5) is 0. The van der Waals surface area contributed by atoms with E-state index >= 15 is 0 Å². The van der Waals surface area contributed by atoms with Gasteiger partial charge in [-0.15, -0.1) is 0 Å². The fourth-order valence-electron chi connectivity index (χ4n) is 3.50. The van der Waals surface area contributed by atoms with Crippen LogP contribution in [0.15, 0.2) is 48.5 Å². The number of hydrogen-bond acceptors (Lipinski definition) is 2. The molecule has 2 heteroatoms. The molecule has 0 heterocycles. The minimum Gasteiger partial charge on any atom is -0.508 e. The summed E-state index contributed by atoms with van der Waals surface area (Å²) >= 11 is 0. The molecule has 2 aromatic carbocycles. The van der Waals surface area contributed by atoms with Gasteiger partial charge in [-0.3, -0.25) is 0 Å². The third-order valence-corrected chi connectivity index (χ3v) is 4.73. The standard InChI is InChI=1S/C21H24O2/c1-2-3-18-14-20(23)12-13-21(18)17-6-4-15(5-7-17)16-8-10-19(22)11-9-16/h6,8-15,22-23H,2-5,7H2,1H3. The predicted molar refractivity (Wildman–Crippen MR) is 94.8 cm³/mol. The Hall–Kier alpha value is -2.22. The molecule has 23 heavy (non-hydrogen) atoms. The predicted octanol–water partition coefficient (Wildman–Crippen LogP) is 5.40. The Labute approximate surface area is 138 Å². The molecule has 2 nitrogen and oxygen atoms in total. The molecule has 0 bridgehead atoms. The van der Waals surface area contributed by atoms with Gasteiger partial charge in [0.05, 0.1) is 0 Å². The number of rotatable bonds is 4. The summed E-state index contributed by atoms with van der Waals surface area (Å²) in [7, 11) is 0. The van der Waals surface area contributed by atoms with E-state index in [0.717, 1.165) is 32.1 Å². The molecule has 2 aromatic rings. The molecule has 0 aromatic heterocycles. The van der Waals surface area contributed by atoms with E-state index in [4.69, 9.17) is 0 Å². The Bertz CT molecular complexity index is 698. The normalized spacial score (nSPS) is 17.8. The molecular formula is C21H24O2. The molecule has 0 spiro atoms. The Morgan fingerprint density at radius 3 is 2.39 bits per heavy atom. The van der Waals surface area contributed by atoms with E-state index < -0.39 is 0 Å². The zero-order valence-electron chi connectivity index (χ0n) is 13.6. The highest BCUT2D eigenvalue weighted by Crippen LogP contribution is 2.38. The van der Waals surface area contributed by atoms with Gasteiger partial charge in [-0.2, -0.15) is 0 Å². The van der Waals surface area contributed by atoms with Crippen molar-refractivity contribution in [2.75, 3.05) is 0 Å². The van der Waals surface area contributed by atoms with Crippen LogP contribution in [0, 0.1) is 0 Å². The summed E-state index contributed by atoms with van der Waals surface area (Å²) < 4.78 is 0. The lowest BCUT2D eigenvalue weighted by Gasteiger charge is -2.24. The Morgan fingerprint density at radius 1 is 1.00 bits per heavy atom. The van der Waals surface area contributed by atoms with Crippen molar-refractivity contribution in [1.29, 1.82) is 0 Å². The van der Waals surface area contributed by atoms with Crippen molar-refractivity contribution < 1.29 is 10.2 Å². The molecule has 1 aliphatic rings. The minimum absolute atomic E-state index is 0.328. The molecule has 0 amide bonds. The van der Waals surface area contributed by atoms with Crippen molar-refractivity contribution in [3.8, 4) is 11.5 Å². The Kier molecular flexibility index (Phi) is 4.71. The molecule has 0 fully saturated rings. The SMILES string of the molecule is CCCc1cc(O)ccc1C1=CCC(c2ccc(O)cc2)CC1. The van der Waals surface area contributed by atoms with Crippen LogP contribution in [-0.2, 0) is 6.42 Å². The number of aromatic hydroxyl groups is 2. The maximum Gasteiger partial charge on any atom is 0.115 e. The van der Waals surface area contributed by atoms with Crippen LogP contribution in [0.2, 0.25) is 0 Å². The van der Waals surface area contributed by atoms with Crippen LogP contribution >= 0.6 is 0 Å². The van der Waals surface area contributed by atoms with Crippen molar-refractivity contribution in [3.63, 3.8) is 0 Å². The second-order valence-electron chi connectivity index (χ2n) is 6.38. The van der Waals surface area contributed by atoms with Gasteiger partial charge < -0.3 is 10.2 Å². The largest absolute Gasteiger partial charge is 0.508 e. The molecule has 3 rings (SSSR count). The van der Waals surface area contributed by atoms with Crippen LogP contribution in [-0.4, -0.2) is 10.2 Å². The fourth-order valence-corrected chi connectivity index (χ4v) is 3.50. The molecule has 1 atom stereocenters. The van der Waals surface area contributed by atoms with Crippen LogP contribution in [0.25, 0.3) is 5.57 Å². The highest BCUT2D eigenvalue weighted by atomic mass is 16.3. The maximum absolute atomic E-state index is 9.74. The van der Waals surface area contributed by atoms with Gasteiger partial charge in [0, 0.05) is 0 Å². The highest BCUT2D eigenvalue weighted by Gasteiger charge is 2.18. The van der Waals surface area contributed by atoms with Gasteiger partial charge in [0.2, 0.25) is 0 Å². The van der Waals surface area contributed by atoms with Gasteiger partial charge in [0.1, 0.15) is 11.5 Å². The Balaban J connectivity index is 1.80. The molecule has 0 aliphatic heterocycles. The second-order valence-corrected chi connectivity index (χ2v) is 6.38. The summed E-state index contributed by atoms with van der Waals surface area (Å²) in [6.45, 7) is 2.17. The molecule has 0 radical (unpaired) electrons. The second kappa shape index (κ2) is 6.91. The number of aryl methyl sites for hydroxylation is 1. The lowest BCUT2D eigenvalue weighted by atomic mass is 9.81. The monoisotopic (exact) mass is 308 g/mol. The number of phenolic OH excluding ortho intramolecular Hbond substituents is 2. The first-order valence-electron chi connectivity index (χ1n) is 8.47. The lowest BCUT2D eigenvalue weighted by Crippen LogP contribution is -2.05. The third-order valence-electron chi connectivity index (χ3n) is 4.73. The molecule has 0 saturated carbocycles. The summed E-state index contributed by atoms with van der Waals surface area (Å²) in [6, 6.07) is 13.4. The van der Waals surface area contributed by atoms with Gasteiger partial charge in [0.15, 0.2) is 0 Å². The van der Waals surface area contributed by atoms with Crippen LogP contribution in [0.3, 0.4) is 0 Å². The van der Waals surface area contributed by atoms with Gasteiger partial charge in [-0.25, -0.2) is 0 Å². The smallest absolute Gasteiger partial charge is 0.115 e. The molecule has 1 aliphatic carbocycles. The molecule has 120 valence electrons. The number of allylic oxidation sites excluding steroid dienone is 2. The minimum atomic E-state index is 0.328. The van der Waals surface area contributed by atoms with E-state index in [1.54, 1.807) is 18.2 Å². The maximum atomic E-state index is 9.74. The summed E-state index contributed by atoms with van der Waals surface area (Å²) in [6.07, 6.45) is 7.66. The van der Waals surface area contributed by atoms with E-state index in [0.29, 0.717) is 17.4 Å². The van der Waals surface area contributed by atoms with E-state index in [2.05, 4.69) is 19.1 Å². The number of phenols is 2. The molecule has 0 saturated heterocycles. The first-order valence-corrected chi connectivity index (χ1v) is 8.47. The molecule has 1 unspecified atom stereocenters.